The molecule has 0 heterocycles. The number of aliphatic hydroxyl groups excluding tert-OH is 2. The Labute approximate surface area is 83.3 Å². The zero-order valence-corrected chi connectivity index (χ0v) is 8.08. The first-order chi connectivity index (χ1) is 6.80. The lowest BCUT2D eigenvalue weighted by molar-refractivity contribution is -0.114. The minimum Gasteiger partial charge on any atom is -0.393 e. The molecule has 0 aromatic heterocycles. The van der Waals surface area contributed by atoms with Gasteiger partial charge >= 0.3 is 0 Å². The first-order valence-corrected chi connectivity index (χ1v) is 6.17. The Morgan fingerprint density at radius 3 is 1.43 bits per heavy atom. The maximum Gasteiger partial charge on any atom is 0.0609 e. The monoisotopic (exact) mass is 192 g/mol. The van der Waals surface area contributed by atoms with Crippen molar-refractivity contribution in [3.63, 3.8) is 0 Å². The predicted octanol–water partition coefficient (Wildman–Crippen LogP) is 0.486. The molecule has 2 unspecified atom stereocenters. The van der Waals surface area contributed by atoms with Crippen LogP contribution >= 0.6 is 0 Å². The molecule has 0 aliphatic heterocycles. The van der Waals surface area contributed by atoms with E-state index < -0.39 is 0 Å². The van der Waals surface area contributed by atoms with E-state index in [1.165, 1.54) is 12.8 Å². The van der Waals surface area contributed by atoms with Crippen LogP contribution in [-0.4, -0.2) is 22.4 Å². The number of rotatable bonds is 0. The average Bonchev–Trinajstić information content (AvgIpc) is 2.40. The summed E-state index contributed by atoms with van der Waals surface area (Å²) < 4.78 is 0. The fourth-order valence-electron chi connectivity index (χ4n) is 6.65. The molecule has 4 aliphatic carbocycles. The minimum atomic E-state index is -0.0371. The summed E-state index contributed by atoms with van der Waals surface area (Å²) in [6.45, 7) is 0. The Hall–Kier alpha value is -0.0800. The minimum absolute atomic E-state index is 0.0371. The topological polar surface area (TPSA) is 40.5 Å². The van der Waals surface area contributed by atoms with Crippen LogP contribution in [0, 0.1) is 47.3 Å². The lowest BCUT2D eigenvalue weighted by atomic mass is 9.50. The number of hydrogen-bond donors (Lipinski definition) is 2. The van der Waals surface area contributed by atoms with Crippen LogP contribution in [0.1, 0.15) is 12.8 Å². The second kappa shape index (κ2) is 1.80. The molecule has 4 rings (SSSR count). The van der Waals surface area contributed by atoms with Crippen LogP contribution in [0.25, 0.3) is 0 Å². The normalized spacial score (nSPS) is 81.0. The summed E-state index contributed by atoms with van der Waals surface area (Å²) in [4.78, 5) is 0. The maximum absolute atomic E-state index is 10.2. The molecule has 0 aromatic carbocycles. The lowest BCUT2D eigenvalue weighted by Gasteiger charge is -2.54. The molecule has 14 heavy (non-hydrogen) atoms. The molecule has 76 valence electrons. The van der Waals surface area contributed by atoms with Gasteiger partial charge in [0.05, 0.1) is 12.2 Å². The third-order valence-corrected chi connectivity index (χ3v) is 6.61. The summed E-state index contributed by atoms with van der Waals surface area (Å²) in [5, 5.41) is 20.5. The van der Waals surface area contributed by atoms with Gasteiger partial charge < -0.3 is 10.2 Å². The van der Waals surface area contributed by atoms with Gasteiger partial charge in [-0.05, 0) is 60.2 Å². The Kier molecular flexibility index (Phi) is 0.931. The molecular formula is C12H16O2. The zero-order valence-electron chi connectivity index (χ0n) is 8.08. The second-order valence-electron chi connectivity index (χ2n) is 6.35. The standard InChI is InChI=1S/C12H16O2/c13-11-7-3-1-2-4-6-5(3)9(11)10(6)12(14)8(4)7/h3-14H,1-2H2/t3-,4+,5-,6+,7+,8-,9-,10+,11?,12?. The van der Waals surface area contributed by atoms with Gasteiger partial charge in [-0.15, -0.1) is 0 Å². The highest BCUT2D eigenvalue weighted by molar-refractivity contribution is 5.28. The van der Waals surface area contributed by atoms with Crippen molar-refractivity contribution >= 4 is 0 Å². The third-order valence-electron chi connectivity index (χ3n) is 6.61. The van der Waals surface area contributed by atoms with E-state index in [1.807, 2.05) is 0 Å². The van der Waals surface area contributed by atoms with Gasteiger partial charge in [-0.1, -0.05) is 0 Å². The second-order valence-corrected chi connectivity index (χ2v) is 6.35. The summed E-state index contributed by atoms with van der Waals surface area (Å²) in [6, 6.07) is 0. The first-order valence-electron chi connectivity index (χ1n) is 6.17. The van der Waals surface area contributed by atoms with Crippen LogP contribution in [0.2, 0.25) is 0 Å². The SMILES string of the molecule is OC1[C@@H]2[C@H]3CC[C@H]4[C@@H]2C(O)[C@H]2[C@@H]1[C@@H]3[C@@H]42. The lowest BCUT2D eigenvalue weighted by Crippen LogP contribution is -2.53. The van der Waals surface area contributed by atoms with E-state index in [1.54, 1.807) is 0 Å². The highest BCUT2D eigenvalue weighted by Crippen LogP contribution is 2.79. The van der Waals surface area contributed by atoms with E-state index in [0.717, 1.165) is 23.7 Å². The van der Waals surface area contributed by atoms with Crippen molar-refractivity contribution in [1.82, 2.24) is 0 Å². The van der Waals surface area contributed by atoms with E-state index >= 15 is 0 Å². The summed E-state index contributed by atoms with van der Waals surface area (Å²) in [5.74, 6) is 5.24. The summed E-state index contributed by atoms with van der Waals surface area (Å²) in [7, 11) is 0. The molecule has 2 N–H and O–H groups in total. The molecule has 2 heteroatoms. The third kappa shape index (κ3) is 0.439. The van der Waals surface area contributed by atoms with Crippen molar-refractivity contribution in [2.75, 3.05) is 0 Å². The fourth-order valence-corrected chi connectivity index (χ4v) is 6.65. The van der Waals surface area contributed by atoms with Crippen LogP contribution in [0.3, 0.4) is 0 Å². The quantitative estimate of drug-likeness (QED) is 0.548. The van der Waals surface area contributed by atoms with Gasteiger partial charge in [0.2, 0.25) is 0 Å². The van der Waals surface area contributed by atoms with Crippen molar-refractivity contribution in [2.45, 2.75) is 25.0 Å². The Bertz CT molecular complexity index is 276. The molecule has 2 nitrogen and oxygen atoms in total. The van der Waals surface area contributed by atoms with E-state index in [2.05, 4.69) is 0 Å². The number of aliphatic hydroxyl groups is 2. The number of hydrogen-bond acceptors (Lipinski definition) is 2. The molecule has 10 atom stereocenters. The summed E-state index contributed by atoms with van der Waals surface area (Å²) in [6.07, 6.45) is 2.62. The molecule has 4 saturated carbocycles. The van der Waals surface area contributed by atoms with Crippen molar-refractivity contribution in [2.24, 2.45) is 47.3 Å². The van der Waals surface area contributed by atoms with Crippen molar-refractivity contribution < 1.29 is 10.2 Å². The van der Waals surface area contributed by atoms with Gasteiger partial charge in [0.1, 0.15) is 0 Å². The van der Waals surface area contributed by atoms with Gasteiger partial charge in [0.25, 0.3) is 0 Å². The maximum atomic E-state index is 10.2. The van der Waals surface area contributed by atoms with Gasteiger partial charge in [0, 0.05) is 0 Å². The largest absolute Gasteiger partial charge is 0.393 e. The highest BCUT2D eigenvalue weighted by atomic mass is 16.3. The van der Waals surface area contributed by atoms with Crippen LogP contribution in [-0.2, 0) is 0 Å². The Morgan fingerprint density at radius 1 is 0.571 bits per heavy atom. The molecular weight excluding hydrogens is 176 g/mol. The van der Waals surface area contributed by atoms with Crippen molar-refractivity contribution in [3.8, 4) is 0 Å². The van der Waals surface area contributed by atoms with Gasteiger partial charge in [-0.2, -0.15) is 0 Å². The number of fused-ring (bicyclic) bond motifs is 9. The van der Waals surface area contributed by atoms with Crippen LogP contribution in [0.5, 0.6) is 0 Å². The molecule has 0 aromatic rings. The highest BCUT2D eigenvalue weighted by Gasteiger charge is 2.80. The van der Waals surface area contributed by atoms with E-state index in [0.29, 0.717) is 23.7 Å². The van der Waals surface area contributed by atoms with Crippen molar-refractivity contribution in [1.29, 1.82) is 0 Å². The fraction of sp³-hybridized carbons (Fsp3) is 1.00. The molecule has 0 radical (unpaired) electrons. The molecule has 0 bridgehead atoms. The first kappa shape index (κ1) is 7.24. The summed E-state index contributed by atoms with van der Waals surface area (Å²) in [5.41, 5.74) is 0. The van der Waals surface area contributed by atoms with E-state index in [4.69, 9.17) is 0 Å². The summed E-state index contributed by atoms with van der Waals surface area (Å²) >= 11 is 0. The van der Waals surface area contributed by atoms with Crippen LogP contribution in [0.4, 0.5) is 0 Å². The molecule has 4 fully saturated rings. The molecule has 0 spiro atoms. The van der Waals surface area contributed by atoms with E-state index in [-0.39, 0.29) is 12.2 Å². The smallest absolute Gasteiger partial charge is 0.0609 e. The average molecular weight is 192 g/mol. The van der Waals surface area contributed by atoms with Gasteiger partial charge in [0.15, 0.2) is 0 Å². The van der Waals surface area contributed by atoms with E-state index in [9.17, 15) is 10.2 Å². The predicted molar refractivity (Wildman–Crippen MR) is 49.2 cm³/mol. The van der Waals surface area contributed by atoms with Crippen molar-refractivity contribution in [3.05, 3.63) is 0 Å². The zero-order chi connectivity index (χ0) is 9.19. The Morgan fingerprint density at radius 2 is 1.00 bits per heavy atom. The van der Waals surface area contributed by atoms with Gasteiger partial charge in [-0.25, -0.2) is 0 Å². The van der Waals surface area contributed by atoms with Crippen LogP contribution in [0.15, 0.2) is 0 Å². The Balaban J connectivity index is 1.78. The van der Waals surface area contributed by atoms with Gasteiger partial charge in [-0.3, -0.25) is 0 Å². The van der Waals surface area contributed by atoms with Crippen LogP contribution < -0.4 is 0 Å². The molecule has 0 amide bonds. The molecule has 4 aliphatic rings. The molecule has 0 saturated heterocycles.